The van der Waals surface area contributed by atoms with E-state index in [1.165, 1.54) is 16.4 Å². The van der Waals surface area contributed by atoms with Gasteiger partial charge in [-0.1, -0.05) is 46.1 Å². The van der Waals surface area contributed by atoms with Crippen molar-refractivity contribution in [1.82, 2.24) is 14.9 Å². The summed E-state index contributed by atoms with van der Waals surface area (Å²) in [7, 11) is -3.71. The zero-order valence-corrected chi connectivity index (χ0v) is 20.4. The average molecular weight is 468 g/mol. The quantitative estimate of drug-likeness (QED) is 0.487. The summed E-state index contributed by atoms with van der Waals surface area (Å²) in [5.41, 5.74) is 0.203. The third kappa shape index (κ3) is 7.28. The highest BCUT2D eigenvalue weighted by atomic mass is 32.2. The molecule has 8 nitrogen and oxygen atoms in total. The van der Waals surface area contributed by atoms with E-state index < -0.39 is 22.0 Å². The molecule has 2 atom stereocenters. The summed E-state index contributed by atoms with van der Waals surface area (Å²) in [6.07, 6.45) is 4.17. The van der Waals surface area contributed by atoms with Gasteiger partial charge in [-0.05, 0) is 37.5 Å². The molecule has 1 unspecified atom stereocenters. The van der Waals surface area contributed by atoms with Crippen LogP contribution in [-0.4, -0.2) is 62.9 Å². The molecule has 1 saturated heterocycles. The van der Waals surface area contributed by atoms with E-state index in [-0.39, 0.29) is 41.4 Å². The number of hydrogen-bond acceptors (Lipinski definition) is 5. The van der Waals surface area contributed by atoms with Gasteiger partial charge >= 0.3 is 0 Å². The Morgan fingerprint density at radius 2 is 1.78 bits per heavy atom. The van der Waals surface area contributed by atoms with E-state index in [4.69, 9.17) is 4.74 Å². The standard InChI is InChI=1S/C23H37N3O5S/c1-5-6-7-9-18(4)24-23(28)21(17(2)3)25-22(27)19-10-8-11-20(16-19)32(29,30)26-12-14-31-15-13-26/h8,10-11,16-18,21H,5-7,9,12-15H2,1-4H3,(H,24,28)(H,25,27)/t18?,21-/m0/s1. The number of unbranched alkanes of at least 4 members (excludes halogenated alkanes) is 2. The maximum atomic E-state index is 12.9. The van der Waals surface area contributed by atoms with Gasteiger partial charge in [-0.25, -0.2) is 8.42 Å². The SMILES string of the molecule is CCCCCC(C)NC(=O)[C@@H](NC(=O)c1cccc(S(=O)(=O)N2CCOCC2)c1)C(C)C. The Kier molecular flexibility index (Phi) is 10.1. The van der Waals surface area contributed by atoms with Crippen LogP contribution in [0.4, 0.5) is 0 Å². The lowest BCUT2D eigenvalue weighted by Crippen LogP contribution is -2.51. The first-order valence-corrected chi connectivity index (χ1v) is 12.9. The molecule has 0 saturated carbocycles. The summed E-state index contributed by atoms with van der Waals surface area (Å²) >= 11 is 0. The van der Waals surface area contributed by atoms with Gasteiger partial charge in [0.2, 0.25) is 15.9 Å². The topological polar surface area (TPSA) is 105 Å². The van der Waals surface area contributed by atoms with Crippen LogP contribution in [0, 0.1) is 5.92 Å². The van der Waals surface area contributed by atoms with Gasteiger partial charge in [0.15, 0.2) is 0 Å². The molecule has 0 aromatic heterocycles. The second kappa shape index (κ2) is 12.3. The number of amides is 2. The fraction of sp³-hybridized carbons (Fsp3) is 0.652. The molecule has 2 N–H and O–H groups in total. The summed E-state index contributed by atoms with van der Waals surface area (Å²) in [4.78, 5) is 25.7. The van der Waals surface area contributed by atoms with Gasteiger partial charge in [0.05, 0.1) is 18.1 Å². The number of carbonyl (C=O) groups excluding carboxylic acids is 2. The lowest BCUT2D eigenvalue weighted by atomic mass is 10.0. The second-order valence-electron chi connectivity index (χ2n) is 8.64. The zero-order valence-electron chi connectivity index (χ0n) is 19.6. The van der Waals surface area contributed by atoms with Crippen molar-refractivity contribution in [2.45, 2.75) is 70.4 Å². The van der Waals surface area contributed by atoms with Crippen LogP contribution in [0.2, 0.25) is 0 Å². The monoisotopic (exact) mass is 467 g/mol. The fourth-order valence-corrected chi connectivity index (χ4v) is 5.05. The van der Waals surface area contributed by atoms with Crippen molar-refractivity contribution in [1.29, 1.82) is 0 Å². The first-order valence-electron chi connectivity index (χ1n) is 11.5. The van der Waals surface area contributed by atoms with Crippen LogP contribution in [-0.2, 0) is 19.6 Å². The second-order valence-corrected chi connectivity index (χ2v) is 10.6. The van der Waals surface area contributed by atoms with E-state index in [2.05, 4.69) is 17.6 Å². The number of morpholine rings is 1. The first kappa shape index (κ1) is 26.3. The largest absolute Gasteiger partial charge is 0.379 e. The normalized spacial score (nSPS) is 17.0. The van der Waals surface area contributed by atoms with Crippen LogP contribution in [0.15, 0.2) is 29.2 Å². The van der Waals surface area contributed by atoms with Crippen molar-refractivity contribution in [3.05, 3.63) is 29.8 Å². The van der Waals surface area contributed by atoms with E-state index in [9.17, 15) is 18.0 Å². The van der Waals surface area contributed by atoms with E-state index in [1.54, 1.807) is 12.1 Å². The molecular formula is C23H37N3O5S. The number of hydrogen-bond donors (Lipinski definition) is 2. The Bertz CT molecular complexity index is 866. The molecule has 0 spiro atoms. The summed E-state index contributed by atoms with van der Waals surface area (Å²) < 4.78 is 32.4. The summed E-state index contributed by atoms with van der Waals surface area (Å²) in [6, 6.07) is 5.25. The summed E-state index contributed by atoms with van der Waals surface area (Å²) in [6.45, 7) is 9.09. The van der Waals surface area contributed by atoms with Gasteiger partial charge in [0.1, 0.15) is 6.04 Å². The highest BCUT2D eigenvalue weighted by Gasteiger charge is 2.28. The maximum Gasteiger partial charge on any atom is 0.251 e. The molecule has 2 amide bonds. The molecule has 1 fully saturated rings. The minimum atomic E-state index is -3.71. The molecule has 0 radical (unpaired) electrons. The number of benzene rings is 1. The fourth-order valence-electron chi connectivity index (χ4n) is 3.60. The molecule has 1 aliphatic rings. The van der Waals surface area contributed by atoms with Crippen molar-refractivity contribution in [3.8, 4) is 0 Å². The lowest BCUT2D eigenvalue weighted by Gasteiger charge is -2.26. The molecule has 2 rings (SSSR count). The number of ether oxygens (including phenoxy) is 1. The number of nitrogens with zero attached hydrogens (tertiary/aromatic N) is 1. The first-order chi connectivity index (χ1) is 15.2. The molecular weight excluding hydrogens is 430 g/mol. The van der Waals surface area contributed by atoms with Gasteiger partial charge in [-0.2, -0.15) is 4.31 Å². The van der Waals surface area contributed by atoms with Gasteiger partial charge in [-0.15, -0.1) is 0 Å². The van der Waals surface area contributed by atoms with Crippen LogP contribution in [0.25, 0.3) is 0 Å². The third-order valence-electron chi connectivity index (χ3n) is 5.57. The number of rotatable bonds is 11. The number of carbonyl (C=O) groups is 2. The Labute approximate surface area is 192 Å². The molecule has 0 aliphatic carbocycles. The molecule has 32 heavy (non-hydrogen) atoms. The van der Waals surface area contributed by atoms with Crippen molar-refractivity contribution in [2.24, 2.45) is 5.92 Å². The van der Waals surface area contributed by atoms with E-state index in [1.807, 2.05) is 20.8 Å². The number of sulfonamides is 1. The van der Waals surface area contributed by atoms with Crippen LogP contribution in [0.3, 0.4) is 0 Å². The van der Waals surface area contributed by atoms with Crippen LogP contribution in [0.1, 0.15) is 63.7 Å². The van der Waals surface area contributed by atoms with E-state index >= 15 is 0 Å². The number of nitrogens with one attached hydrogen (secondary N) is 2. The van der Waals surface area contributed by atoms with E-state index in [0.29, 0.717) is 13.2 Å². The molecule has 180 valence electrons. The maximum absolute atomic E-state index is 12.9. The van der Waals surface area contributed by atoms with Crippen LogP contribution < -0.4 is 10.6 Å². The summed E-state index contributed by atoms with van der Waals surface area (Å²) in [5, 5.41) is 5.77. The minimum absolute atomic E-state index is 0.0224. The highest BCUT2D eigenvalue weighted by Crippen LogP contribution is 2.19. The highest BCUT2D eigenvalue weighted by molar-refractivity contribution is 7.89. The zero-order chi connectivity index (χ0) is 23.7. The molecule has 1 heterocycles. The van der Waals surface area contributed by atoms with Gasteiger partial charge in [-0.3, -0.25) is 9.59 Å². The van der Waals surface area contributed by atoms with Crippen molar-refractivity contribution < 1.29 is 22.7 Å². The third-order valence-corrected chi connectivity index (χ3v) is 7.46. The Morgan fingerprint density at radius 3 is 2.41 bits per heavy atom. The molecule has 0 bridgehead atoms. The van der Waals surface area contributed by atoms with Crippen LogP contribution >= 0.6 is 0 Å². The minimum Gasteiger partial charge on any atom is -0.379 e. The Morgan fingerprint density at radius 1 is 1.09 bits per heavy atom. The van der Waals surface area contributed by atoms with Crippen LogP contribution in [0.5, 0.6) is 0 Å². The molecule has 9 heteroatoms. The van der Waals surface area contributed by atoms with Crippen molar-refractivity contribution in [3.63, 3.8) is 0 Å². The van der Waals surface area contributed by atoms with E-state index in [0.717, 1.165) is 25.7 Å². The van der Waals surface area contributed by atoms with Gasteiger partial charge in [0, 0.05) is 24.7 Å². The van der Waals surface area contributed by atoms with Crippen molar-refractivity contribution in [2.75, 3.05) is 26.3 Å². The summed E-state index contributed by atoms with van der Waals surface area (Å²) in [5.74, 6) is -0.826. The molecule has 1 aliphatic heterocycles. The molecule has 1 aromatic carbocycles. The van der Waals surface area contributed by atoms with Crippen molar-refractivity contribution >= 4 is 21.8 Å². The van der Waals surface area contributed by atoms with Gasteiger partial charge < -0.3 is 15.4 Å². The molecule has 1 aromatic rings. The van der Waals surface area contributed by atoms with Gasteiger partial charge in [0.25, 0.3) is 5.91 Å². The Balaban J connectivity index is 2.09. The Hall–Kier alpha value is -1.97. The smallest absolute Gasteiger partial charge is 0.251 e. The lowest BCUT2D eigenvalue weighted by molar-refractivity contribution is -0.124. The average Bonchev–Trinajstić information content (AvgIpc) is 2.77. The predicted octanol–water partition coefficient (Wildman–Crippen LogP) is 2.55. The predicted molar refractivity (Wildman–Crippen MR) is 124 cm³/mol.